The fourth-order valence-corrected chi connectivity index (χ4v) is 2.16. The first-order valence-electron chi connectivity index (χ1n) is 6.21. The van der Waals surface area contributed by atoms with E-state index in [0.29, 0.717) is 17.1 Å². The van der Waals surface area contributed by atoms with Gasteiger partial charge in [-0.05, 0) is 5.56 Å². The Labute approximate surface area is 120 Å². The van der Waals surface area contributed by atoms with Crippen molar-refractivity contribution in [1.82, 2.24) is 10.6 Å². The molecular formula is C13H18N2O4S. The van der Waals surface area contributed by atoms with Gasteiger partial charge >= 0.3 is 12.0 Å². The molecule has 0 aliphatic heterocycles. The van der Waals surface area contributed by atoms with Crippen molar-refractivity contribution in [3.63, 3.8) is 0 Å². The summed E-state index contributed by atoms with van der Waals surface area (Å²) in [4.78, 5) is 22.8. The molecule has 0 heterocycles. The topological polar surface area (TPSA) is 95.5 Å². The minimum Gasteiger partial charge on any atom is -0.479 e. The van der Waals surface area contributed by atoms with E-state index in [4.69, 9.17) is 5.11 Å². The van der Waals surface area contributed by atoms with Crippen LogP contribution in [0.1, 0.15) is 18.5 Å². The van der Waals surface area contributed by atoms with Gasteiger partial charge < -0.3 is 15.7 Å². The number of aliphatic carboxylic acids is 1. The van der Waals surface area contributed by atoms with Crippen LogP contribution < -0.4 is 10.6 Å². The van der Waals surface area contributed by atoms with Crippen molar-refractivity contribution < 1.29 is 18.9 Å². The smallest absolute Gasteiger partial charge is 0.330 e. The van der Waals surface area contributed by atoms with Gasteiger partial charge in [0.25, 0.3) is 0 Å². The normalized spacial score (nSPS) is 13.2. The van der Waals surface area contributed by atoms with Crippen LogP contribution in [-0.4, -0.2) is 39.4 Å². The molecule has 110 valence electrons. The molecule has 0 aliphatic rings. The summed E-state index contributed by atoms with van der Waals surface area (Å²) in [6, 6.07) is 6.74. The Balaban J connectivity index is 2.53. The highest BCUT2D eigenvalue weighted by Crippen LogP contribution is 2.12. The number of benzene rings is 1. The van der Waals surface area contributed by atoms with E-state index in [1.54, 1.807) is 37.3 Å². The summed E-state index contributed by atoms with van der Waals surface area (Å²) < 4.78 is 11.2. The molecule has 20 heavy (non-hydrogen) atoms. The molecule has 1 aromatic carbocycles. The van der Waals surface area contributed by atoms with Crippen LogP contribution in [0.4, 0.5) is 4.79 Å². The summed E-state index contributed by atoms with van der Waals surface area (Å²) in [5.74, 6) is -0.249. The van der Waals surface area contributed by atoms with Gasteiger partial charge in [-0.1, -0.05) is 37.3 Å². The number of hydrogen-bond donors (Lipinski definition) is 3. The second-order valence-corrected chi connectivity index (χ2v) is 5.88. The zero-order valence-corrected chi connectivity index (χ0v) is 12.0. The van der Waals surface area contributed by atoms with Gasteiger partial charge in [0.15, 0.2) is 6.04 Å². The SMILES string of the molecule is CCS(=O)CCNC(=O)N[C@H](C(=O)O)c1ccccc1. The molecule has 0 saturated carbocycles. The lowest BCUT2D eigenvalue weighted by atomic mass is 10.1. The molecule has 6 nitrogen and oxygen atoms in total. The van der Waals surface area contributed by atoms with Crippen LogP contribution in [0.25, 0.3) is 0 Å². The van der Waals surface area contributed by atoms with E-state index < -0.39 is 28.8 Å². The fourth-order valence-electron chi connectivity index (χ4n) is 1.54. The van der Waals surface area contributed by atoms with Crippen molar-refractivity contribution >= 4 is 22.8 Å². The first-order chi connectivity index (χ1) is 9.54. The summed E-state index contributed by atoms with van der Waals surface area (Å²) >= 11 is 0. The Kier molecular flexibility index (Phi) is 6.72. The third-order valence-corrected chi connectivity index (χ3v) is 3.90. The highest BCUT2D eigenvalue weighted by Gasteiger charge is 2.21. The Morgan fingerprint density at radius 1 is 1.30 bits per heavy atom. The number of rotatable bonds is 7. The van der Waals surface area contributed by atoms with Crippen LogP contribution >= 0.6 is 0 Å². The minimum absolute atomic E-state index is 0.243. The van der Waals surface area contributed by atoms with E-state index in [1.165, 1.54) is 0 Å². The van der Waals surface area contributed by atoms with Crippen LogP contribution in [0.2, 0.25) is 0 Å². The molecule has 2 amide bonds. The summed E-state index contributed by atoms with van der Waals surface area (Å²) in [6.45, 7) is 2.04. The largest absolute Gasteiger partial charge is 0.479 e. The number of urea groups is 1. The predicted molar refractivity (Wildman–Crippen MR) is 76.9 cm³/mol. The first kappa shape index (κ1) is 16.2. The average Bonchev–Trinajstić information content (AvgIpc) is 2.45. The maximum absolute atomic E-state index is 11.6. The standard InChI is InChI=1S/C13H18N2O4S/c1-2-20(19)9-8-14-13(18)15-11(12(16)17)10-6-4-3-5-7-10/h3-7,11H,2,8-9H2,1H3,(H,16,17)(H2,14,15,18)/t11-,20?/m0/s1. The monoisotopic (exact) mass is 298 g/mol. The van der Waals surface area contributed by atoms with Gasteiger partial charge in [0.05, 0.1) is 0 Å². The zero-order chi connectivity index (χ0) is 15.0. The van der Waals surface area contributed by atoms with Crippen molar-refractivity contribution in [3.8, 4) is 0 Å². The predicted octanol–water partition coefficient (Wildman–Crippen LogP) is 0.880. The molecule has 1 rings (SSSR count). The van der Waals surface area contributed by atoms with Crippen molar-refractivity contribution in [3.05, 3.63) is 35.9 Å². The Hall–Kier alpha value is -1.89. The van der Waals surface area contributed by atoms with Crippen LogP contribution in [0.15, 0.2) is 30.3 Å². The van der Waals surface area contributed by atoms with Gasteiger partial charge in [0, 0.05) is 28.9 Å². The minimum atomic E-state index is -1.14. The van der Waals surface area contributed by atoms with Gasteiger partial charge in [-0.15, -0.1) is 0 Å². The van der Waals surface area contributed by atoms with E-state index in [2.05, 4.69) is 10.6 Å². The molecule has 0 radical (unpaired) electrons. The highest BCUT2D eigenvalue weighted by molar-refractivity contribution is 7.84. The van der Waals surface area contributed by atoms with E-state index in [-0.39, 0.29) is 6.54 Å². The van der Waals surface area contributed by atoms with Crippen molar-refractivity contribution in [1.29, 1.82) is 0 Å². The maximum atomic E-state index is 11.6. The lowest BCUT2D eigenvalue weighted by Gasteiger charge is -2.15. The van der Waals surface area contributed by atoms with Crippen LogP contribution in [0.3, 0.4) is 0 Å². The Morgan fingerprint density at radius 2 is 1.95 bits per heavy atom. The van der Waals surface area contributed by atoms with Crippen LogP contribution in [0, 0.1) is 0 Å². The molecule has 0 bridgehead atoms. The number of carboxylic acids is 1. The summed E-state index contributed by atoms with van der Waals surface area (Å²) in [6.07, 6.45) is 0. The molecule has 2 atom stereocenters. The molecular weight excluding hydrogens is 280 g/mol. The van der Waals surface area contributed by atoms with Gasteiger partial charge in [-0.3, -0.25) is 4.21 Å². The molecule has 7 heteroatoms. The summed E-state index contributed by atoms with van der Waals surface area (Å²) in [5.41, 5.74) is 0.493. The molecule has 0 saturated heterocycles. The lowest BCUT2D eigenvalue weighted by molar-refractivity contribution is -0.139. The van der Waals surface area contributed by atoms with Crippen molar-refractivity contribution in [2.24, 2.45) is 0 Å². The molecule has 0 fully saturated rings. The second kappa shape index (κ2) is 8.31. The van der Waals surface area contributed by atoms with E-state index >= 15 is 0 Å². The van der Waals surface area contributed by atoms with Gasteiger partial charge in [0.1, 0.15) is 0 Å². The zero-order valence-electron chi connectivity index (χ0n) is 11.2. The molecule has 0 aliphatic carbocycles. The number of carbonyl (C=O) groups is 2. The van der Waals surface area contributed by atoms with Gasteiger partial charge in [-0.25, -0.2) is 9.59 Å². The molecule has 3 N–H and O–H groups in total. The lowest BCUT2D eigenvalue weighted by Crippen LogP contribution is -2.42. The van der Waals surface area contributed by atoms with Gasteiger partial charge in [0.2, 0.25) is 0 Å². The van der Waals surface area contributed by atoms with Crippen molar-refractivity contribution in [2.45, 2.75) is 13.0 Å². The number of carboxylic acid groups (broad SMARTS) is 1. The quantitative estimate of drug-likeness (QED) is 0.696. The molecule has 1 unspecified atom stereocenters. The van der Waals surface area contributed by atoms with Crippen LogP contribution in [-0.2, 0) is 15.6 Å². The maximum Gasteiger partial charge on any atom is 0.330 e. The molecule has 0 aromatic heterocycles. The van der Waals surface area contributed by atoms with Crippen LogP contribution in [0.5, 0.6) is 0 Å². The average molecular weight is 298 g/mol. The number of hydrogen-bond acceptors (Lipinski definition) is 3. The van der Waals surface area contributed by atoms with E-state index in [9.17, 15) is 13.8 Å². The second-order valence-electron chi connectivity index (χ2n) is 4.01. The first-order valence-corrected chi connectivity index (χ1v) is 7.70. The third-order valence-electron chi connectivity index (χ3n) is 2.59. The number of nitrogens with one attached hydrogen (secondary N) is 2. The fraction of sp³-hybridized carbons (Fsp3) is 0.385. The summed E-state index contributed by atoms with van der Waals surface area (Å²) in [5, 5.41) is 14.0. The highest BCUT2D eigenvalue weighted by atomic mass is 32.2. The summed E-state index contributed by atoms with van der Waals surface area (Å²) in [7, 11) is -0.960. The number of amides is 2. The number of carbonyl (C=O) groups excluding carboxylic acids is 1. The molecule has 1 aromatic rings. The Morgan fingerprint density at radius 3 is 2.50 bits per heavy atom. The van der Waals surface area contributed by atoms with E-state index in [0.717, 1.165) is 0 Å². The third kappa shape index (κ3) is 5.40. The van der Waals surface area contributed by atoms with Crippen molar-refractivity contribution in [2.75, 3.05) is 18.1 Å². The molecule has 0 spiro atoms. The van der Waals surface area contributed by atoms with E-state index in [1.807, 2.05) is 0 Å². The Bertz CT molecular complexity index is 479. The van der Waals surface area contributed by atoms with Gasteiger partial charge in [-0.2, -0.15) is 0 Å².